The fourth-order valence-corrected chi connectivity index (χ4v) is 2.70. The molecular formula is C20H20ClNO3. The van der Waals surface area contributed by atoms with Gasteiger partial charge in [0.15, 0.2) is 0 Å². The molecule has 1 fully saturated rings. The Morgan fingerprint density at radius 2 is 2.04 bits per heavy atom. The molecule has 1 saturated heterocycles. The number of carbonyl (C=O) groups is 1. The molecule has 0 radical (unpaired) electrons. The van der Waals surface area contributed by atoms with Crippen molar-refractivity contribution in [3.63, 3.8) is 0 Å². The Hall–Kier alpha value is -2.30. The average Bonchev–Trinajstić information content (AvgIpc) is 3.14. The predicted octanol–water partition coefficient (Wildman–Crippen LogP) is 4.55. The van der Waals surface area contributed by atoms with Gasteiger partial charge in [0.1, 0.15) is 12.4 Å². The van der Waals surface area contributed by atoms with E-state index in [1.807, 2.05) is 36.4 Å². The maximum atomic E-state index is 12.2. The molecule has 1 unspecified atom stereocenters. The van der Waals surface area contributed by atoms with Crippen molar-refractivity contribution >= 4 is 29.3 Å². The molecule has 2 aromatic rings. The first-order valence-electron chi connectivity index (χ1n) is 8.29. The van der Waals surface area contributed by atoms with Crippen molar-refractivity contribution < 1.29 is 14.3 Å². The molecule has 1 aliphatic rings. The number of hydrogen-bond donors (Lipinski definition) is 1. The predicted molar refractivity (Wildman–Crippen MR) is 100 cm³/mol. The molecule has 5 heteroatoms. The maximum Gasteiger partial charge on any atom is 0.248 e. The summed E-state index contributed by atoms with van der Waals surface area (Å²) in [6, 6.07) is 14.7. The number of amides is 1. The van der Waals surface area contributed by atoms with Crippen LogP contribution in [0.15, 0.2) is 54.6 Å². The van der Waals surface area contributed by atoms with E-state index in [9.17, 15) is 4.79 Å². The second kappa shape index (κ2) is 8.70. The Kier molecular flexibility index (Phi) is 6.09. The minimum absolute atomic E-state index is 0.133. The molecule has 1 atom stereocenters. The van der Waals surface area contributed by atoms with Crippen LogP contribution in [0.3, 0.4) is 0 Å². The van der Waals surface area contributed by atoms with Gasteiger partial charge in [0, 0.05) is 17.7 Å². The van der Waals surface area contributed by atoms with Gasteiger partial charge in [0.2, 0.25) is 5.91 Å². The van der Waals surface area contributed by atoms with Crippen LogP contribution in [-0.2, 0) is 9.53 Å². The van der Waals surface area contributed by atoms with Gasteiger partial charge < -0.3 is 14.8 Å². The molecule has 3 rings (SSSR count). The third-order valence-corrected chi connectivity index (χ3v) is 4.14. The van der Waals surface area contributed by atoms with Gasteiger partial charge in [-0.05, 0) is 48.7 Å². The zero-order chi connectivity index (χ0) is 17.5. The highest BCUT2D eigenvalue weighted by Gasteiger charge is 2.16. The largest absolute Gasteiger partial charge is 0.489 e. The molecule has 0 spiro atoms. The zero-order valence-electron chi connectivity index (χ0n) is 13.8. The summed E-state index contributed by atoms with van der Waals surface area (Å²) >= 11 is 5.85. The lowest BCUT2D eigenvalue weighted by Crippen LogP contribution is -2.17. The van der Waals surface area contributed by atoms with Crippen LogP contribution in [0.25, 0.3) is 6.08 Å². The first kappa shape index (κ1) is 17.5. The number of hydrogen-bond acceptors (Lipinski definition) is 3. The van der Waals surface area contributed by atoms with Gasteiger partial charge in [-0.2, -0.15) is 0 Å². The minimum Gasteiger partial charge on any atom is -0.489 e. The van der Waals surface area contributed by atoms with Crippen molar-refractivity contribution in [3.8, 4) is 5.75 Å². The van der Waals surface area contributed by atoms with E-state index in [4.69, 9.17) is 21.1 Å². The molecule has 0 aliphatic carbocycles. The highest BCUT2D eigenvalue weighted by Crippen LogP contribution is 2.25. The van der Waals surface area contributed by atoms with E-state index < -0.39 is 0 Å². The lowest BCUT2D eigenvalue weighted by molar-refractivity contribution is -0.111. The summed E-state index contributed by atoms with van der Waals surface area (Å²) < 4.78 is 11.4. The molecule has 1 aliphatic heterocycles. The van der Waals surface area contributed by atoms with Gasteiger partial charge in [0.05, 0.1) is 11.8 Å². The Morgan fingerprint density at radius 1 is 1.24 bits per heavy atom. The van der Waals surface area contributed by atoms with E-state index in [-0.39, 0.29) is 12.0 Å². The first-order chi connectivity index (χ1) is 12.2. The molecule has 0 aromatic heterocycles. The zero-order valence-corrected chi connectivity index (χ0v) is 14.5. The molecular weight excluding hydrogens is 338 g/mol. The Labute approximate surface area is 152 Å². The van der Waals surface area contributed by atoms with Crippen LogP contribution in [0.1, 0.15) is 18.4 Å². The van der Waals surface area contributed by atoms with Crippen LogP contribution in [0.5, 0.6) is 5.75 Å². The van der Waals surface area contributed by atoms with Crippen LogP contribution in [0.2, 0.25) is 5.02 Å². The molecule has 2 aromatic carbocycles. The Balaban J connectivity index is 1.59. The summed E-state index contributed by atoms with van der Waals surface area (Å²) in [5.74, 6) is 0.425. The summed E-state index contributed by atoms with van der Waals surface area (Å²) in [6.07, 6.45) is 5.44. The molecule has 0 saturated carbocycles. The topological polar surface area (TPSA) is 47.6 Å². The van der Waals surface area contributed by atoms with Crippen LogP contribution >= 0.6 is 11.6 Å². The van der Waals surface area contributed by atoms with E-state index in [1.54, 1.807) is 18.2 Å². The molecule has 4 nitrogen and oxygen atoms in total. The second-order valence-corrected chi connectivity index (χ2v) is 6.25. The van der Waals surface area contributed by atoms with Crippen molar-refractivity contribution in [2.24, 2.45) is 0 Å². The van der Waals surface area contributed by atoms with Crippen LogP contribution in [0, 0.1) is 0 Å². The smallest absolute Gasteiger partial charge is 0.248 e. The van der Waals surface area contributed by atoms with E-state index >= 15 is 0 Å². The van der Waals surface area contributed by atoms with E-state index in [0.29, 0.717) is 23.1 Å². The van der Waals surface area contributed by atoms with Crippen LogP contribution < -0.4 is 10.1 Å². The Bertz CT molecular complexity index is 737. The first-order valence-corrected chi connectivity index (χ1v) is 8.66. The fourth-order valence-electron chi connectivity index (χ4n) is 2.57. The number of rotatable bonds is 6. The van der Waals surface area contributed by atoms with Crippen LogP contribution in [0.4, 0.5) is 5.69 Å². The van der Waals surface area contributed by atoms with Gasteiger partial charge in [-0.1, -0.05) is 35.9 Å². The number of carbonyl (C=O) groups excluding carboxylic acids is 1. The molecule has 0 bridgehead atoms. The van der Waals surface area contributed by atoms with Gasteiger partial charge in [-0.15, -0.1) is 0 Å². The lowest BCUT2D eigenvalue weighted by atomic mass is 10.2. The number of anilines is 1. The van der Waals surface area contributed by atoms with Gasteiger partial charge in [-0.3, -0.25) is 4.79 Å². The van der Waals surface area contributed by atoms with Gasteiger partial charge >= 0.3 is 0 Å². The number of halogens is 1. The third kappa shape index (κ3) is 5.34. The monoisotopic (exact) mass is 357 g/mol. The average molecular weight is 358 g/mol. The summed E-state index contributed by atoms with van der Waals surface area (Å²) in [4.78, 5) is 12.2. The second-order valence-electron chi connectivity index (χ2n) is 5.82. The van der Waals surface area contributed by atoms with E-state index in [0.717, 1.165) is 25.0 Å². The quantitative estimate of drug-likeness (QED) is 0.771. The SMILES string of the molecule is O=C(/C=C/c1ccc(Cl)cc1)Nc1ccccc1OCC1CCCO1. The number of ether oxygens (including phenoxy) is 2. The Morgan fingerprint density at radius 3 is 2.80 bits per heavy atom. The molecule has 1 N–H and O–H groups in total. The highest BCUT2D eigenvalue weighted by atomic mass is 35.5. The van der Waals surface area contributed by atoms with Gasteiger partial charge in [-0.25, -0.2) is 0 Å². The van der Waals surface area contributed by atoms with Crippen molar-refractivity contribution in [3.05, 3.63) is 65.2 Å². The maximum absolute atomic E-state index is 12.2. The number of benzene rings is 2. The third-order valence-electron chi connectivity index (χ3n) is 3.89. The molecule has 130 valence electrons. The van der Waals surface area contributed by atoms with E-state index in [1.165, 1.54) is 6.08 Å². The highest BCUT2D eigenvalue weighted by molar-refractivity contribution is 6.30. The standard InChI is InChI=1S/C20H20ClNO3/c21-16-10-7-15(8-11-16)9-12-20(23)22-18-5-1-2-6-19(18)25-14-17-4-3-13-24-17/h1-2,5-12,17H,3-4,13-14H2,(H,22,23)/b12-9+. The molecule has 1 amide bonds. The normalized spacial score (nSPS) is 16.9. The molecule has 1 heterocycles. The summed E-state index contributed by atoms with van der Waals surface area (Å²) in [7, 11) is 0. The fraction of sp³-hybridized carbons (Fsp3) is 0.250. The lowest BCUT2D eigenvalue weighted by Gasteiger charge is -2.14. The molecule has 25 heavy (non-hydrogen) atoms. The number of para-hydroxylation sites is 2. The summed E-state index contributed by atoms with van der Waals surface area (Å²) in [6.45, 7) is 1.29. The van der Waals surface area contributed by atoms with Crippen LogP contribution in [-0.4, -0.2) is 25.2 Å². The van der Waals surface area contributed by atoms with Crippen molar-refractivity contribution in [1.29, 1.82) is 0 Å². The summed E-state index contributed by atoms with van der Waals surface area (Å²) in [5, 5.41) is 3.52. The number of nitrogens with one attached hydrogen (secondary N) is 1. The van der Waals surface area contributed by atoms with Crippen molar-refractivity contribution in [2.45, 2.75) is 18.9 Å². The van der Waals surface area contributed by atoms with Gasteiger partial charge in [0.25, 0.3) is 0 Å². The van der Waals surface area contributed by atoms with E-state index in [2.05, 4.69) is 5.32 Å². The van der Waals surface area contributed by atoms with Crippen molar-refractivity contribution in [1.82, 2.24) is 0 Å². The van der Waals surface area contributed by atoms with Crippen molar-refractivity contribution in [2.75, 3.05) is 18.5 Å². The minimum atomic E-state index is -0.219. The summed E-state index contributed by atoms with van der Waals surface area (Å²) in [5.41, 5.74) is 1.55.